The molecule has 0 bridgehead atoms. The quantitative estimate of drug-likeness (QED) is 0.851. The van der Waals surface area contributed by atoms with Crippen LogP contribution >= 0.6 is 15.9 Å². The molecule has 0 aliphatic rings. The summed E-state index contributed by atoms with van der Waals surface area (Å²) in [5.41, 5.74) is 1.79. The molecule has 2 aromatic rings. The van der Waals surface area contributed by atoms with Gasteiger partial charge in [0, 0.05) is 34.5 Å². The number of benzene rings is 1. The van der Waals surface area contributed by atoms with Crippen molar-refractivity contribution in [2.24, 2.45) is 0 Å². The second-order valence-electron chi connectivity index (χ2n) is 3.97. The maximum absolute atomic E-state index is 8.47. The van der Waals surface area contributed by atoms with Gasteiger partial charge in [-0.15, -0.1) is 0 Å². The van der Waals surface area contributed by atoms with Gasteiger partial charge in [0.2, 0.25) is 5.95 Å². The summed E-state index contributed by atoms with van der Waals surface area (Å²) in [5.74, 6) is 1.28. The van der Waals surface area contributed by atoms with Crippen molar-refractivity contribution in [3.8, 4) is 22.9 Å². The van der Waals surface area contributed by atoms with Crippen LogP contribution in [0.4, 0.5) is 5.95 Å². The zero-order chi connectivity index (χ0) is 14.4. The lowest BCUT2D eigenvalue weighted by molar-refractivity contribution is 0.416. The molecule has 0 unspecified atom stereocenters. The van der Waals surface area contributed by atoms with Gasteiger partial charge in [-0.25, -0.2) is 9.97 Å². The standard InChI is InChI=1S/C14H13BrN4O/c1-20-13-4-3-11(15)7-12(13)10-8-18-14(19-9-10)17-6-2-5-16/h3-4,7-9H,2,6H2,1H3,(H,17,18,19). The second-order valence-corrected chi connectivity index (χ2v) is 4.89. The van der Waals surface area contributed by atoms with E-state index in [4.69, 9.17) is 10.00 Å². The number of methoxy groups -OCH3 is 1. The van der Waals surface area contributed by atoms with E-state index in [1.54, 1.807) is 19.5 Å². The zero-order valence-electron chi connectivity index (χ0n) is 10.9. The van der Waals surface area contributed by atoms with Gasteiger partial charge in [0.05, 0.1) is 19.6 Å². The summed E-state index contributed by atoms with van der Waals surface area (Å²) < 4.78 is 6.30. The normalized spacial score (nSPS) is 9.85. The Kier molecular flexibility index (Phi) is 4.91. The molecular weight excluding hydrogens is 320 g/mol. The van der Waals surface area contributed by atoms with Gasteiger partial charge in [-0.3, -0.25) is 0 Å². The Morgan fingerprint density at radius 3 is 2.75 bits per heavy atom. The number of halogens is 1. The van der Waals surface area contributed by atoms with Crippen molar-refractivity contribution in [3.05, 3.63) is 35.1 Å². The topological polar surface area (TPSA) is 70.8 Å². The number of ether oxygens (including phenoxy) is 1. The Morgan fingerprint density at radius 2 is 2.10 bits per heavy atom. The molecule has 1 aromatic carbocycles. The van der Waals surface area contributed by atoms with Crippen molar-refractivity contribution < 1.29 is 4.74 Å². The first-order chi connectivity index (χ1) is 9.74. The van der Waals surface area contributed by atoms with Crippen molar-refractivity contribution in [1.29, 1.82) is 5.26 Å². The second kappa shape index (κ2) is 6.87. The lowest BCUT2D eigenvalue weighted by Crippen LogP contribution is -2.04. The molecule has 0 saturated carbocycles. The molecule has 0 aliphatic carbocycles. The summed E-state index contributed by atoms with van der Waals surface area (Å²) in [6, 6.07) is 7.82. The number of hydrogen-bond donors (Lipinski definition) is 1. The molecule has 0 amide bonds. The van der Waals surface area contributed by atoms with Gasteiger partial charge in [0.15, 0.2) is 0 Å². The third kappa shape index (κ3) is 3.45. The number of nitrogens with one attached hydrogen (secondary N) is 1. The van der Waals surface area contributed by atoms with Crippen LogP contribution < -0.4 is 10.1 Å². The maximum Gasteiger partial charge on any atom is 0.222 e. The van der Waals surface area contributed by atoms with Crippen molar-refractivity contribution >= 4 is 21.9 Å². The monoisotopic (exact) mass is 332 g/mol. The SMILES string of the molecule is COc1ccc(Br)cc1-c1cnc(NCCC#N)nc1. The molecule has 1 N–H and O–H groups in total. The largest absolute Gasteiger partial charge is 0.496 e. The van der Waals surface area contributed by atoms with Crippen LogP contribution in [0.2, 0.25) is 0 Å². The summed E-state index contributed by atoms with van der Waals surface area (Å²) in [5, 5.41) is 11.5. The molecule has 20 heavy (non-hydrogen) atoms. The Hall–Kier alpha value is -2.13. The van der Waals surface area contributed by atoms with Gasteiger partial charge < -0.3 is 10.1 Å². The van der Waals surface area contributed by atoms with Crippen LogP contribution in [0.5, 0.6) is 5.75 Å². The highest BCUT2D eigenvalue weighted by atomic mass is 79.9. The average molecular weight is 333 g/mol. The number of rotatable bonds is 5. The molecule has 0 fully saturated rings. The lowest BCUT2D eigenvalue weighted by atomic mass is 10.1. The first-order valence-corrected chi connectivity index (χ1v) is 6.80. The van der Waals surface area contributed by atoms with Crippen LogP contribution in [0.3, 0.4) is 0 Å². The summed E-state index contributed by atoms with van der Waals surface area (Å²) in [6.07, 6.45) is 3.88. The van der Waals surface area contributed by atoms with Crippen LogP contribution in [-0.2, 0) is 0 Å². The molecule has 0 atom stereocenters. The van der Waals surface area contributed by atoms with E-state index in [1.165, 1.54) is 0 Å². The summed E-state index contributed by atoms with van der Waals surface area (Å²) in [4.78, 5) is 8.46. The summed E-state index contributed by atoms with van der Waals surface area (Å²) >= 11 is 3.44. The third-order valence-corrected chi connectivity index (χ3v) is 3.14. The number of nitrogens with zero attached hydrogens (tertiary/aromatic N) is 3. The number of hydrogen-bond acceptors (Lipinski definition) is 5. The highest BCUT2D eigenvalue weighted by molar-refractivity contribution is 9.10. The molecule has 0 aliphatic heterocycles. The van der Waals surface area contributed by atoms with Gasteiger partial charge in [0.25, 0.3) is 0 Å². The predicted molar refractivity (Wildman–Crippen MR) is 80.4 cm³/mol. The fourth-order valence-electron chi connectivity index (χ4n) is 1.69. The molecule has 2 rings (SSSR count). The fraction of sp³-hybridized carbons (Fsp3) is 0.214. The van der Waals surface area contributed by atoms with Crippen molar-refractivity contribution in [2.45, 2.75) is 6.42 Å². The predicted octanol–water partition coefficient (Wildman–Crippen LogP) is 3.24. The first-order valence-electron chi connectivity index (χ1n) is 6.01. The Morgan fingerprint density at radius 1 is 1.35 bits per heavy atom. The molecule has 0 saturated heterocycles. The van der Waals surface area contributed by atoms with Crippen molar-refractivity contribution in [3.63, 3.8) is 0 Å². The Bertz CT molecular complexity index is 622. The minimum absolute atomic E-state index is 0.421. The van der Waals surface area contributed by atoms with Crippen LogP contribution in [-0.4, -0.2) is 23.6 Å². The molecule has 102 valence electrons. The van der Waals surface area contributed by atoms with Crippen LogP contribution in [0.15, 0.2) is 35.1 Å². The maximum atomic E-state index is 8.47. The average Bonchev–Trinajstić information content (AvgIpc) is 2.48. The van der Waals surface area contributed by atoms with Gasteiger partial charge in [0.1, 0.15) is 5.75 Å². The van der Waals surface area contributed by atoms with E-state index in [0.29, 0.717) is 18.9 Å². The lowest BCUT2D eigenvalue weighted by Gasteiger charge is -2.09. The number of anilines is 1. The van der Waals surface area contributed by atoms with Gasteiger partial charge in [-0.1, -0.05) is 15.9 Å². The molecular formula is C14H13BrN4O. The van der Waals surface area contributed by atoms with Crippen molar-refractivity contribution in [2.75, 3.05) is 19.0 Å². The molecule has 1 aromatic heterocycles. The highest BCUT2D eigenvalue weighted by Crippen LogP contribution is 2.31. The van der Waals surface area contributed by atoms with E-state index in [0.717, 1.165) is 21.3 Å². The van der Waals surface area contributed by atoms with Crippen molar-refractivity contribution in [1.82, 2.24) is 9.97 Å². The smallest absolute Gasteiger partial charge is 0.222 e. The molecule has 0 spiro atoms. The van der Waals surface area contributed by atoms with Gasteiger partial charge in [-0.2, -0.15) is 5.26 Å². The zero-order valence-corrected chi connectivity index (χ0v) is 12.5. The van der Waals surface area contributed by atoms with E-state index in [-0.39, 0.29) is 0 Å². The number of aromatic nitrogens is 2. The summed E-state index contributed by atoms with van der Waals surface area (Å²) in [6.45, 7) is 0.538. The van der Waals surface area contributed by atoms with E-state index in [9.17, 15) is 0 Å². The molecule has 0 radical (unpaired) electrons. The van der Waals surface area contributed by atoms with Crippen LogP contribution in [0.25, 0.3) is 11.1 Å². The third-order valence-electron chi connectivity index (χ3n) is 2.64. The Balaban J connectivity index is 2.22. The van der Waals surface area contributed by atoms with E-state index < -0.39 is 0 Å². The minimum Gasteiger partial charge on any atom is -0.496 e. The van der Waals surface area contributed by atoms with E-state index >= 15 is 0 Å². The minimum atomic E-state index is 0.421. The Labute approximate surface area is 125 Å². The van der Waals surface area contributed by atoms with E-state index in [1.807, 2.05) is 18.2 Å². The highest BCUT2D eigenvalue weighted by Gasteiger charge is 2.07. The fourth-order valence-corrected chi connectivity index (χ4v) is 2.06. The van der Waals surface area contributed by atoms with Gasteiger partial charge in [-0.05, 0) is 18.2 Å². The number of nitriles is 1. The first kappa shape index (κ1) is 14.3. The van der Waals surface area contributed by atoms with E-state index in [2.05, 4.69) is 37.3 Å². The van der Waals surface area contributed by atoms with Crippen LogP contribution in [0.1, 0.15) is 6.42 Å². The molecule has 6 heteroatoms. The molecule has 5 nitrogen and oxygen atoms in total. The summed E-state index contributed by atoms with van der Waals surface area (Å²) in [7, 11) is 1.63. The van der Waals surface area contributed by atoms with Gasteiger partial charge >= 0.3 is 0 Å². The molecule has 1 heterocycles. The van der Waals surface area contributed by atoms with Crippen LogP contribution in [0, 0.1) is 11.3 Å².